The minimum absolute atomic E-state index is 0.0874. The zero-order valence-corrected chi connectivity index (χ0v) is 8.92. The van der Waals surface area contributed by atoms with E-state index in [2.05, 4.69) is 24.9 Å². The van der Waals surface area contributed by atoms with Gasteiger partial charge in [0.25, 0.3) is 0 Å². The molecule has 15 heavy (non-hydrogen) atoms. The van der Waals surface area contributed by atoms with Crippen molar-refractivity contribution in [3.05, 3.63) is 23.9 Å². The number of rotatable bonds is 0. The molecule has 0 radical (unpaired) electrons. The number of H-pyrrole nitrogens is 1. The summed E-state index contributed by atoms with van der Waals surface area (Å²) in [4.78, 5) is 3.16. The number of hydrogen-bond acceptors (Lipinski definition) is 2. The molecule has 1 aliphatic heterocycles. The van der Waals surface area contributed by atoms with Gasteiger partial charge in [-0.15, -0.1) is 0 Å². The molecule has 0 bridgehead atoms. The first kappa shape index (κ1) is 8.65. The van der Waals surface area contributed by atoms with E-state index < -0.39 is 0 Å². The number of fused-ring (bicyclic) bond motifs is 2. The maximum atomic E-state index is 5.86. The molecule has 3 rings (SSSR count). The van der Waals surface area contributed by atoms with E-state index in [-0.39, 0.29) is 5.60 Å². The zero-order valence-electron chi connectivity index (χ0n) is 8.92. The number of aromatic nitrogens is 1. The fourth-order valence-electron chi connectivity index (χ4n) is 2.24. The smallest absolute Gasteiger partial charge is 0.124 e. The standard InChI is InChI=1S/C12H14N2O/c1-12(2)5-7-3-10-8(4-11(7)15-12)9(13)6-14-10/h3-4,6,14H,5,13H2,1-2H3. The predicted molar refractivity (Wildman–Crippen MR) is 61.1 cm³/mol. The van der Waals surface area contributed by atoms with Crippen molar-refractivity contribution in [2.45, 2.75) is 25.9 Å². The molecule has 1 aromatic heterocycles. The van der Waals surface area contributed by atoms with Crippen LogP contribution in [0.3, 0.4) is 0 Å². The van der Waals surface area contributed by atoms with Gasteiger partial charge in [-0.2, -0.15) is 0 Å². The molecule has 2 aromatic rings. The number of ether oxygens (including phenoxy) is 1. The van der Waals surface area contributed by atoms with Crippen LogP contribution in [0, 0.1) is 0 Å². The minimum Gasteiger partial charge on any atom is -0.487 e. The van der Waals surface area contributed by atoms with Gasteiger partial charge in [0.1, 0.15) is 11.4 Å². The van der Waals surface area contributed by atoms with Crippen molar-refractivity contribution in [3.8, 4) is 5.75 Å². The normalized spacial score (nSPS) is 17.7. The van der Waals surface area contributed by atoms with Gasteiger partial charge >= 0.3 is 0 Å². The van der Waals surface area contributed by atoms with Gasteiger partial charge in [0.2, 0.25) is 0 Å². The van der Waals surface area contributed by atoms with E-state index in [0.29, 0.717) is 0 Å². The number of hydrogen-bond donors (Lipinski definition) is 2. The third-order valence-electron chi connectivity index (χ3n) is 2.90. The molecular formula is C12H14N2O. The van der Waals surface area contributed by atoms with Crippen LogP contribution in [0.25, 0.3) is 10.9 Å². The summed E-state index contributed by atoms with van der Waals surface area (Å²) in [5, 5.41) is 1.05. The number of nitrogen functional groups attached to an aromatic ring is 1. The Morgan fingerprint density at radius 1 is 1.40 bits per heavy atom. The van der Waals surface area contributed by atoms with E-state index >= 15 is 0 Å². The summed E-state index contributed by atoms with van der Waals surface area (Å²) in [6.45, 7) is 4.20. The van der Waals surface area contributed by atoms with E-state index in [4.69, 9.17) is 10.5 Å². The third kappa shape index (κ3) is 1.19. The summed E-state index contributed by atoms with van der Waals surface area (Å²) in [5.74, 6) is 0.971. The minimum atomic E-state index is -0.0874. The molecule has 1 aliphatic rings. The molecule has 3 heteroatoms. The Morgan fingerprint density at radius 2 is 2.20 bits per heavy atom. The van der Waals surface area contributed by atoms with Crippen molar-refractivity contribution in [2.75, 3.05) is 5.73 Å². The SMILES string of the molecule is CC1(C)Cc2cc3[nH]cc(N)c3cc2O1. The third-order valence-corrected chi connectivity index (χ3v) is 2.90. The summed E-state index contributed by atoms with van der Waals surface area (Å²) in [7, 11) is 0. The molecule has 2 heterocycles. The molecule has 0 aliphatic carbocycles. The van der Waals surface area contributed by atoms with Gasteiger partial charge in [0.15, 0.2) is 0 Å². The Labute approximate surface area is 88.2 Å². The molecule has 0 unspecified atom stereocenters. The van der Waals surface area contributed by atoms with Crippen LogP contribution in [-0.2, 0) is 6.42 Å². The number of nitrogens with two attached hydrogens (primary N) is 1. The van der Waals surface area contributed by atoms with Crippen LogP contribution in [0.5, 0.6) is 5.75 Å². The Balaban J connectivity index is 2.24. The first-order chi connectivity index (χ1) is 7.05. The van der Waals surface area contributed by atoms with Gasteiger partial charge in [-0.25, -0.2) is 0 Å². The molecule has 0 atom stereocenters. The maximum absolute atomic E-state index is 5.86. The molecule has 0 spiro atoms. The molecule has 0 fully saturated rings. The molecular weight excluding hydrogens is 188 g/mol. The van der Waals surface area contributed by atoms with E-state index in [1.165, 1.54) is 5.56 Å². The van der Waals surface area contributed by atoms with Gasteiger partial charge in [0.05, 0.1) is 5.69 Å². The van der Waals surface area contributed by atoms with Crippen molar-refractivity contribution >= 4 is 16.6 Å². The van der Waals surface area contributed by atoms with Crippen LogP contribution < -0.4 is 10.5 Å². The lowest BCUT2D eigenvalue weighted by atomic mass is 10.0. The molecule has 78 valence electrons. The first-order valence-electron chi connectivity index (χ1n) is 5.14. The lowest BCUT2D eigenvalue weighted by Gasteiger charge is -2.16. The van der Waals surface area contributed by atoms with Crippen LogP contribution in [0.4, 0.5) is 5.69 Å². The Bertz CT molecular complexity index is 540. The first-order valence-corrected chi connectivity index (χ1v) is 5.14. The van der Waals surface area contributed by atoms with Crippen LogP contribution in [0.15, 0.2) is 18.3 Å². The van der Waals surface area contributed by atoms with Crippen molar-refractivity contribution in [2.24, 2.45) is 0 Å². The van der Waals surface area contributed by atoms with Gasteiger partial charge in [-0.05, 0) is 26.0 Å². The summed E-state index contributed by atoms with van der Waals surface area (Å²) >= 11 is 0. The van der Waals surface area contributed by atoms with Crippen LogP contribution in [0.1, 0.15) is 19.4 Å². The topological polar surface area (TPSA) is 51.0 Å². The highest BCUT2D eigenvalue weighted by Crippen LogP contribution is 2.38. The monoisotopic (exact) mass is 202 g/mol. The summed E-state index contributed by atoms with van der Waals surface area (Å²) in [6, 6.07) is 4.17. The highest BCUT2D eigenvalue weighted by atomic mass is 16.5. The summed E-state index contributed by atoms with van der Waals surface area (Å²) in [6.07, 6.45) is 2.78. The van der Waals surface area contributed by atoms with Gasteiger partial charge in [0, 0.05) is 29.1 Å². The van der Waals surface area contributed by atoms with Gasteiger partial charge in [-0.1, -0.05) is 0 Å². The lowest BCUT2D eigenvalue weighted by Crippen LogP contribution is -2.24. The average Bonchev–Trinajstić information content (AvgIpc) is 2.62. The number of aromatic amines is 1. The Morgan fingerprint density at radius 3 is 3.00 bits per heavy atom. The van der Waals surface area contributed by atoms with Crippen molar-refractivity contribution in [1.82, 2.24) is 4.98 Å². The van der Waals surface area contributed by atoms with E-state index in [9.17, 15) is 0 Å². The van der Waals surface area contributed by atoms with Crippen molar-refractivity contribution in [1.29, 1.82) is 0 Å². The van der Waals surface area contributed by atoms with Crippen molar-refractivity contribution in [3.63, 3.8) is 0 Å². The van der Waals surface area contributed by atoms with E-state index in [1.54, 1.807) is 0 Å². The lowest BCUT2D eigenvalue weighted by molar-refractivity contribution is 0.138. The number of nitrogens with one attached hydrogen (secondary N) is 1. The van der Waals surface area contributed by atoms with Crippen LogP contribution in [0.2, 0.25) is 0 Å². The largest absolute Gasteiger partial charge is 0.487 e. The fourth-order valence-corrected chi connectivity index (χ4v) is 2.24. The average molecular weight is 202 g/mol. The van der Waals surface area contributed by atoms with E-state index in [1.807, 2.05) is 12.3 Å². The highest BCUT2D eigenvalue weighted by Gasteiger charge is 2.30. The molecule has 1 aromatic carbocycles. The number of benzene rings is 1. The second-order valence-corrected chi connectivity index (χ2v) is 4.79. The molecule has 3 nitrogen and oxygen atoms in total. The quantitative estimate of drug-likeness (QED) is 0.689. The summed E-state index contributed by atoms with van der Waals surface area (Å²) < 4.78 is 5.86. The number of anilines is 1. The molecule has 0 saturated heterocycles. The molecule has 0 amide bonds. The van der Waals surface area contributed by atoms with Crippen molar-refractivity contribution < 1.29 is 4.74 Å². The predicted octanol–water partition coefficient (Wildman–Crippen LogP) is 2.46. The molecule has 3 N–H and O–H groups in total. The zero-order chi connectivity index (χ0) is 10.6. The second-order valence-electron chi connectivity index (χ2n) is 4.79. The van der Waals surface area contributed by atoms with Gasteiger partial charge < -0.3 is 15.5 Å². The summed E-state index contributed by atoms with van der Waals surface area (Å²) in [5.41, 5.74) is 8.89. The van der Waals surface area contributed by atoms with E-state index in [0.717, 1.165) is 28.8 Å². The maximum Gasteiger partial charge on any atom is 0.124 e. The van der Waals surface area contributed by atoms with Crippen LogP contribution in [-0.4, -0.2) is 10.6 Å². The second kappa shape index (κ2) is 2.48. The van der Waals surface area contributed by atoms with Crippen LogP contribution >= 0.6 is 0 Å². The Hall–Kier alpha value is -1.64. The fraction of sp³-hybridized carbons (Fsp3) is 0.333. The highest BCUT2D eigenvalue weighted by molar-refractivity contribution is 5.93. The molecule has 0 saturated carbocycles. The Kier molecular flexibility index (Phi) is 1.43. The van der Waals surface area contributed by atoms with Gasteiger partial charge in [-0.3, -0.25) is 0 Å².